The van der Waals surface area contributed by atoms with Gasteiger partial charge < -0.3 is 5.73 Å². The average Bonchev–Trinajstić information content (AvgIpc) is 2.61. The van der Waals surface area contributed by atoms with Gasteiger partial charge in [-0.1, -0.05) is 20.3 Å². The van der Waals surface area contributed by atoms with Crippen LogP contribution in [0.2, 0.25) is 0 Å². The number of hydrogen-bond acceptors (Lipinski definition) is 4. The third-order valence-corrected chi connectivity index (χ3v) is 4.91. The SMILES string of the molecule is CCC(C)SCc1nc(N)c2c(n1)CCCCC2. The molecule has 1 atom stereocenters. The van der Waals surface area contributed by atoms with Crippen LogP contribution in [0.5, 0.6) is 0 Å². The Morgan fingerprint density at radius 3 is 2.78 bits per heavy atom. The smallest absolute Gasteiger partial charge is 0.140 e. The van der Waals surface area contributed by atoms with E-state index in [1.807, 2.05) is 11.8 Å². The third-order valence-electron chi connectivity index (χ3n) is 3.58. The molecule has 18 heavy (non-hydrogen) atoms. The highest BCUT2D eigenvalue weighted by Gasteiger charge is 2.15. The Morgan fingerprint density at radius 2 is 2.00 bits per heavy atom. The van der Waals surface area contributed by atoms with Crippen LogP contribution in [0.15, 0.2) is 0 Å². The van der Waals surface area contributed by atoms with E-state index in [1.54, 1.807) is 0 Å². The van der Waals surface area contributed by atoms with E-state index < -0.39 is 0 Å². The summed E-state index contributed by atoms with van der Waals surface area (Å²) in [4.78, 5) is 9.21. The van der Waals surface area contributed by atoms with E-state index in [0.29, 0.717) is 5.25 Å². The van der Waals surface area contributed by atoms with Gasteiger partial charge in [-0.2, -0.15) is 11.8 Å². The molecule has 100 valence electrons. The van der Waals surface area contributed by atoms with Gasteiger partial charge >= 0.3 is 0 Å². The Bertz CT molecular complexity index is 406. The topological polar surface area (TPSA) is 51.8 Å². The van der Waals surface area contributed by atoms with Gasteiger partial charge in [-0.15, -0.1) is 0 Å². The minimum absolute atomic E-state index is 0.661. The number of aromatic nitrogens is 2. The van der Waals surface area contributed by atoms with Gasteiger partial charge in [0.1, 0.15) is 11.6 Å². The number of nitrogens with zero attached hydrogens (tertiary/aromatic N) is 2. The van der Waals surface area contributed by atoms with Crippen LogP contribution >= 0.6 is 11.8 Å². The fourth-order valence-corrected chi connectivity index (χ4v) is 3.05. The maximum absolute atomic E-state index is 6.09. The van der Waals surface area contributed by atoms with Crippen molar-refractivity contribution in [2.75, 3.05) is 5.73 Å². The minimum Gasteiger partial charge on any atom is -0.383 e. The molecule has 0 spiro atoms. The number of nitrogens with two attached hydrogens (primary N) is 1. The summed E-state index contributed by atoms with van der Waals surface area (Å²) in [6.45, 7) is 4.46. The summed E-state index contributed by atoms with van der Waals surface area (Å²) in [6, 6.07) is 0. The average molecular weight is 265 g/mol. The highest BCUT2D eigenvalue weighted by atomic mass is 32.2. The van der Waals surface area contributed by atoms with Crippen LogP contribution in [0.3, 0.4) is 0 Å². The number of hydrogen-bond donors (Lipinski definition) is 1. The van der Waals surface area contributed by atoms with E-state index in [1.165, 1.54) is 36.9 Å². The van der Waals surface area contributed by atoms with Crippen LogP contribution in [-0.4, -0.2) is 15.2 Å². The van der Waals surface area contributed by atoms with Crippen LogP contribution in [0.4, 0.5) is 5.82 Å². The Kier molecular flexibility index (Phi) is 4.87. The predicted molar refractivity (Wildman–Crippen MR) is 78.8 cm³/mol. The van der Waals surface area contributed by atoms with Crippen molar-refractivity contribution in [1.29, 1.82) is 0 Å². The third kappa shape index (κ3) is 3.37. The van der Waals surface area contributed by atoms with Crippen LogP contribution in [0.1, 0.15) is 56.6 Å². The summed E-state index contributed by atoms with van der Waals surface area (Å²) in [5.74, 6) is 2.52. The molecule has 1 aromatic rings. The molecule has 1 aliphatic carbocycles. The van der Waals surface area contributed by atoms with Crippen LogP contribution in [-0.2, 0) is 18.6 Å². The molecule has 1 heterocycles. The molecule has 1 unspecified atom stereocenters. The lowest BCUT2D eigenvalue weighted by Gasteiger charge is -2.11. The summed E-state index contributed by atoms with van der Waals surface area (Å²) in [6.07, 6.45) is 7.06. The van der Waals surface area contributed by atoms with Gasteiger partial charge in [0, 0.05) is 16.5 Å². The molecule has 0 bridgehead atoms. The summed E-state index contributed by atoms with van der Waals surface area (Å²) >= 11 is 1.91. The van der Waals surface area contributed by atoms with Crippen molar-refractivity contribution in [3.05, 3.63) is 17.1 Å². The van der Waals surface area contributed by atoms with Gasteiger partial charge in [-0.25, -0.2) is 9.97 Å². The molecule has 4 heteroatoms. The van der Waals surface area contributed by atoms with E-state index in [2.05, 4.69) is 18.8 Å². The Morgan fingerprint density at radius 1 is 1.22 bits per heavy atom. The van der Waals surface area contributed by atoms with E-state index >= 15 is 0 Å². The second-order valence-electron chi connectivity index (χ2n) is 5.04. The molecule has 0 saturated carbocycles. The molecule has 2 rings (SSSR count). The molecule has 0 saturated heterocycles. The van der Waals surface area contributed by atoms with Crippen molar-refractivity contribution in [2.24, 2.45) is 0 Å². The first-order valence-electron chi connectivity index (χ1n) is 6.96. The molecular formula is C14H23N3S. The first-order valence-corrected chi connectivity index (χ1v) is 8.01. The molecule has 0 radical (unpaired) electrons. The summed E-state index contributed by atoms with van der Waals surface area (Å²) in [5, 5.41) is 0.661. The van der Waals surface area contributed by atoms with Gasteiger partial charge in [-0.3, -0.25) is 0 Å². The van der Waals surface area contributed by atoms with Crippen molar-refractivity contribution < 1.29 is 0 Å². The Balaban J connectivity index is 2.13. The zero-order valence-corrected chi connectivity index (χ0v) is 12.2. The van der Waals surface area contributed by atoms with Crippen molar-refractivity contribution >= 4 is 17.6 Å². The van der Waals surface area contributed by atoms with Crippen molar-refractivity contribution in [3.63, 3.8) is 0 Å². The quantitative estimate of drug-likeness (QED) is 0.848. The summed E-state index contributed by atoms with van der Waals surface area (Å²) < 4.78 is 0. The van der Waals surface area contributed by atoms with Crippen LogP contribution in [0.25, 0.3) is 0 Å². The molecule has 3 nitrogen and oxygen atoms in total. The second kappa shape index (κ2) is 6.41. The van der Waals surface area contributed by atoms with Gasteiger partial charge in [0.2, 0.25) is 0 Å². The molecule has 1 aromatic heterocycles. The normalized spacial score (nSPS) is 17.0. The van der Waals surface area contributed by atoms with E-state index in [-0.39, 0.29) is 0 Å². The second-order valence-corrected chi connectivity index (χ2v) is 6.47. The first kappa shape index (κ1) is 13.7. The van der Waals surface area contributed by atoms with Gasteiger partial charge in [-0.05, 0) is 32.1 Å². The molecule has 0 fully saturated rings. The molecule has 0 aromatic carbocycles. The van der Waals surface area contributed by atoms with Crippen LogP contribution < -0.4 is 5.73 Å². The highest BCUT2D eigenvalue weighted by molar-refractivity contribution is 7.99. The largest absolute Gasteiger partial charge is 0.383 e. The van der Waals surface area contributed by atoms with Gasteiger partial charge in [0.05, 0.1) is 5.75 Å². The number of aryl methyl sites for hydroxylation is 1. The van der Waals surface area contributed by atoms with Crippen molar-refractivity contribution in [3.8, 4) is 0 Å². The van der Waals surface area contributed by atoms with Crippen LogP contribution in [0, 0.1) is 0 Å². The lowest BCUT2D eigenvalue weighted by Crippen LogP contribution is -2.08. The lowest BCUT2D eigenvalue weighted by molar-refractivity contribution is 0.708. The monoisotopic (exact) mass is 265 g/mol. The lowest BCUT2D eigenvalue weighted by atomic mass is 10.1. The predicted octanol–water partition coefficient (Wildman–Crippen LogP) is 3.36. The molecule has 0 amide bonds. The summed E-state index contributed by atoms with van der Waals surface area (Å²) in [5.41, 5.74) is 8.51. The van der Waals surface area contributed by atoms with E-state index in [4.69, 9.17) is 10.7 Å². The molecule has 1 aliphatic rings. The number of anilines is 1. The maximum atomic E-state index is 6.09. The minimum atomic E-state index is 0.661. The van der Waals surface area contributed by atoms with E-state index in [0.717, 1.165) is 30.2 Å². The summed E-state index contributed by atoms with van der Waals surface area (Å²) in [7, 11) is 0. The van der Waals surface area contributed by atoms with Gasteiger partial charge in [0.25, 0.3) is 0 Å². The highest BCUT2D eigenvalue weighted by Crippen LogP contribution is 2.25. The van der Waals surface area contributed by atoms with Gasteiger partial charge in [0.15, 0.2) is 0 Å². The number of fused-ring (bicyclic) bond motifs is 1. The molecule has 2 N–H and O–H groups in total. The van der Waals surface area contributed by atoms with E-state index in [9.17, 15) is 0 Å². The Hall–Kier alpha value is -0.770. The maximum Gasteiger partial charge on any atom is 0.140 e. The van der Waals surface area contributed by atoms with Crippen molar-refractivity contribution in [1.82, 2.24) is 9.97 Å². The molecular weight excluding hydrogens is 242 g/mol. The first-order chi connectivity index (χ1) is 8.70. The standard InChI is InChI=1S/C14H23N3S/c1-3-10(2)18-9-13-16-12-8-6-4-5-7-11(12)14(15)17-13/h10H,3-9H2,1-2H3,(H2,15,16,17). The molecule has 0 aliphatic heterocycles. The fraction of sp³-hybridized carbons (Fsp3) is 0.714. The fourth-order valence-electron chi connectivity index (χ4n) is 2.25. The number of nitrogen functional groups attached to an aromatic ring is 1. The van der Waals surface area contributed by atoms with Crippen molar-refractivity contribution in [2.45, 2.75) is 63.4 Å². The zero-order chi connectivity index (χ0) is 13.0. The number of rotatable bonds is 4. The Labute approximate surface area is 114 Å². The number of thioether (sulfide) groups is 1. The zero-order valence-electron chi connectivity index (χ0n) is 11.4.